The summed E-state index contributed by atoms with van der Waals surface area (Å²) in [6.07, 6.45) is 0. The third kappa shape index (κ3) is 4.69. The molecule has 2 aromatic carbocycles. The van der Waals surface area contributed by atoms with Gasteiger partial charge in [-0.1, -0.05) is 44.2 Å². The highest BCUT2D eigenvalue weighted by Crippen LogP contribution is 2.21. The Morgan fingerprint density at radius 2 is 1.54 bits per heavy atom. The topological polar surface area (TPSA) is 49.4 Å². The minimum Gasteiger partial charge on any atom is -0.340 e. The minimum absolute atomic E-state index is 0.0713. The molecule has 2 atom stereocenters. The maximum atomic E-state index is 13.1. The zero-order chi connectivity index (χ0) is 19.3. The molecule has 2 aromatic rings. The van der Waals surface area contributed by atoms with Crippen molar-refractivity contribution in [3.05, 3.63) is 71.5 Å². The molecule has 0 fully saturated rings. The second-order valence-corrected chi connectivity index (χ2v) is 6.74. The van der Waals surface area contributed by atoms with E-state index < -0.39 is 6.04 Å². The smallest absolute Gasteiger partial charge is 0.251 e. The first-order valence-corrected chi connectivity index (χ1v) is 8.69. The lowest BCUT2D eigenvalue weighted by atomic mass is 10.00. The van der Waals surface area contributed by atoms with Gasteiger partial charge in [0.2, 0.25) is 5.91 Å². The van der Waals surface area contributed by atoms with E-state index in [1.165, 1.54) is 12.1 Å². The van der Waals surface area contributed by atoms with Gasteiger partial charge in [0.1, 0.15) is 11.9 Å². The number of halogens is 1. The number of hydrogen-bond donors (Lipinski definition) is 1. The first kappa shape index (κ1) is 19.6. The quantitative estimate of drug-likeness (QED) is 0.856. The van der Waals surface area contributed by atoms with Gasteiger partial charge in [0.15, 0.2) is 0 Å². The summed E-state index contributed by atoms with van der Waals surface area (Å²) < 4.78 is 13.1. The molecule has 5 heteroatoms. The number of carbonyl (C=O) groups is 2. The first-order chi connectivity index (χ1) is 12.3. The average Bonchev–Trinajstić information content (AvgIpc) is 2.65. The summed E-state index contributed by atoms with van der Waals surface area (Å²) >= 11 is 0. The molecule has 0 spiro atoms. The minimum atomic E-state index is -0.643. The molecule has 1 N–H and O–H groups in total. The Hall–Kier alpha value is -2.69. The van der Waals surface area contributed by atoms with E-state index in [0.29, 0.717) is 5.56 Å². The molecule has 4 nitrogen and oxygen atoms in total. The van der Waals surface area contributed by atoms with Crippen LogP contribution < -0.4 is 5.32 Å². The number of hydrogen-bond acceptors (Lipinski definition) is 2. The monoisotopic (exact) mass is 356 g/mol. The second kappa shape index (κ2) is 8.61. The van der Waals surface area contributed by atoms with Gasteiger partial charge >= 0.3 is 0 Å². The van der Waals surface area contributed by atoms with Gasteiger partial charge in [0.25, 0.3) is 5.91 Å². The van der Waals surface area contributed by atoms with Crippen molar-refractivity contribution in [3.8, 4) is 0 Å². The Labute approximate surface area is 154 Å². The predicted molar refractivity (Wildman–Crippen MR) is 100 cm³/mol. The number of rotatable bonds is 6. The molecule has 0 aliphatic rings. The van der Waals surface area contributed by atoms with Gasteiger partial charge in [-0.3, -0.25) is 9.59 Å². The van der Waals surface area contributed by atoms with E-state index >= 15 is 0 Å². The third-order valence-electron chi connectivity index (χ3n) is 4.54. The zero-order valence-corrected chi connectivity index (χ0v) is 15.6. The van der Waals surface area contributed by atoms with Crippen LogP contribution in [0, 0.1) is 11.7 Å². The lowest BCUT2D eigenvalue weighted by Crippen LogP contribution is -2.50. The number of carbonyl (C=O) groups excluding carboxylic acids is 2. The summed E-state index contributed by atoms with van der Waals surface area (Å²) in [5.74, 6) is -0.843. The van der Waals surface area contributed by atoms with E-state index in [2.05, 4.69) is 5.32 Å². The van der Waals surface area contributed by atoms with Crippen LogP contribution in [-0.2, 0) is 4.79 Å². The molecule has 0 radical (unpaired) electrons. The highest BCUT2D eigenvalue weighted by atomic mass is 19.1. The molecular weight excluding hydrogens is 331 g/mol. The van der Waals surface area contributed by atoms with Gasteiger partial charge < -0.3 is 10.2 Å². The molecule has 0 bridgehead atoms. The Kier molecular flexibility index (Phi) is 6.50. The van der Waals surface area contributed by atoms with E-state index in [4.69, 9.17) is 0 Å². The van der Waals surface area contributed by atoms with Gasteiger partial charge in [-0.2, -0.15) is 0 Å². The Morgan fingerprint density at radius 3 is 2.08 bits per heavy atom. The molecule has 0 saturated heterocycles. The lowest BCUT2D eigenvalue weighted by molar-refractivity contribution is -0.135. The van der Waals surface area contributed by atoms with E-state index in [1.54, 1.807) is 48.3 Å². The van der Waals surface area contributed by atoms with Gasteiger partial charge in [-0.25, -0.2) is 4.39 Å². The molecule has 0 heterocycles. The molecule has 1 unspecified atom stereocenters. The Bertz CT molecular complexity index is 744. The van der Waals surface area contributed by atoms with Crippen LogP contribution in [0.4, 0.5) is 4.39 Å². The summed E-state index contributed by atoms with van der Waals surface area (Å²) in [6, 6.07) is 14.0. The molecule has 138 valence electrons. The van der Waals surface area contributed by atoms with Gasteiger partial charge in [0, 0.05) is 12.6 Å². The van der Waals surface area contributed by atoms with Crippen molar-refractivity contribution in [2.45, 2.75) is 32.9 Å². The van der Waals surface area contributed by atoms with Crippen molar-refractivity contribution >= 4 is 11.8 Å². The summed E-state index contributed by atoms with van der Waals surface area (Å²) in [6.45, 7) is 5.66. The molecular formula is C21H25FN2O2. The highest BCUT2D eigenvalue weighted by Gasteiger charge is 2.29. The van der Waals surface area contributed by atoms with Crippen molar-refractivity contribution in [1.82, 2.24) is 10.2 Å². The molecule has 2 rings (SSSR count). The normalized spacial score (nSPS) is 13.2. The number of likely N-dealkylation sites (N-methyl/N-ethyl adjacent to an activating group) is 1. The number of amides is 2. The zero-order valence-electron chi connectivity index (χ0n) is 15.6. The average molecular weight is 356 g/mol. The first-order valence-electron chi connectivity index (χ1n) is 8.69. The number of nitrogens with one attached hydrogen (secondary N) is 1. The van der Waals surface area contributed by atoms with Crippen LogP contribution in [0.15, 0.2) is 54.6 Å². The molecule has 0 saturated carbocycles. The van der Waals surface area contributed by atoms with Gasteiger partial charge in [0.05, 0.1) is 6.04 Å². The van der Waals surface area contributed by atoms with E-state index in [1.807, 2.05) is 26.8 Å². The van der Waals surface area contributed by atoms with Crippen LogP contribution in [0.25, 0.3) is 0 Å². The fraction of sp³-hybridized carbons (Fsp3) is 0.333. The van der Waals surface area contributed by atoms with Crippen LogP contribution in [0.2, 0.25) is 0 Å². The summed E-state index contributed by atoms with van der Waals surface area (Å²) in [7, 11) is 1.69. The van der Waals surface area contributed by atoms with E-state index in [-0.39, 0.29) is 29.6 Å². The maximum Gasteiger partial charge on any atom is 0.251 e. The molecule has 0 aromatic heterocycles. The van der Waals surface area contributed by atoms with Gasteiger partial charge in [-0.15, -0.1) is 0 Å². The lowest BCUT2D eigenvalue weighted by Gasteiger charge is -2.31. The fourth-order valence-electron chi connectivity index (χ4n) is 2.70. The van der Waals surface area contributed by atoms with Crippen LogP contribution >= 0.6 is 0 Å². The summed E-state index contributed by atoms with van der Waals surface area (Å²) in [5.41, 5.74) is 1.35. The van der Waals surface area contributed by atoms with Crippen LogP contribution in [-0.4, -0.2) is 29.8 Å². The maximum absolute atomic E-state index is 13.1. The van der Waals surface area contributed by atoms with Crippen LogP contribution in [0.3, 0.4) is 0 Å². The predicted octanol–water partition coefficient (Wildman–Crippen LogP) is 3.80. The van der Waals surface area contributed by atoms with Crippen molar-refractivity contribution in [1.29, 1.82) is 0 Å². The fourth-order valence-corrected chi connectivity index (χ4v) is 2.70. The van der Waals surface area contributed by atoms with Gasteiger partial charge in [-0.05, 0) is 42.7 Å². The van der Waals surface area contributed by atoms with E-state index in [0.717, 1.165) is 5.56 Å². The second-order valence-electron chi connectivity index (χ2n) is 6.74. The van der Waals surface area contributed by atoms with Crippen molar-refractivity contribution < 1.29 is 14.0 Å². The Morgan fingerprint density at radius 1 is 0.962 bits per heavy atom. The largest absolute Gasteiger partial charge is 0.340 e. The summed E-state index contributed by atoms with van der Waals surface area (Å²) in [5, 5.41) is 2.84. The highest BCUT2D eigenvalue weighted by molar-refractivity contribution is 5.97. The van der Waals surface area contributed by atoms with Crippen LogP contribution in [0.1, 0.15) is 42.7 Å². The van der Waals surface area contributed by atoms with E-state index in [9.17, 15) is 14.0 Å². The number of nitrogens with zero attached hydrogens (tertiary/aromatic N) is 1. The molecule has 0 aliphatic heterocycles. The molecule has 2 amide bonds. The van der Waals surface area contributed by atoms with Crippen molar-refractivity contribution in [3.63, 3.8) is 0 Å². The van der Waals surface area contributed by atoms with Crippen molar-refractivity contribution in [2.75, 3.05) is 7.05 Å². The van der Waals surface area contributed by atoms with Crippen molar-refractivity contribution in [2.24, 2.45) is 5.92 Å². The molecule has 26 heavy (non-hydrogen) atoms. The number of benzene rings is 2. The molecule has 0 aliphatic carbocycles. The third-order valence-corrected chi connectivity index (χ3v) is 4.54. The summed E-state index contributed by atoms with van der Waals surface area (Å²) in [4.78, 5) is 27.0. The Balaban J connectivity index is 2.14. The standard InChI is InChI=1S/C21H25FN2O2/c1-14(2)19(23-20(25)17-8-6-5-7-9-17)21(26)24(4)15(3)16-10-12-18(22)13-11-16/h5-15,19H,1-4H3,(H,23,25)/t15?,19-/m0/s1. The van der Waals surface area contributed by atoms with Crippen LogP contribution in [0.5, 0.6) is 0 Å². The SMILES string of the molecule is CC(C)[C@H](NC(=O)c1ccccc1)C(=O)N(C)C(C)c1ccc(F)cc1.